The zero-order valence-electron chi connectivity index (χ0n) is 22.9. The first-order valence-electron chi connectivity index (χ1n) is 11.8. The molecule has 0 saturated carbocycles. The largest absolute Gasteiger partial charge is 0.427 e. The summed E-state index contributed by atoms with van der Waals surface area (Å²) in [5.41, 5.74) is 24.5. The van der Waals surface area contributed by atoms with Crippen LogP contribution in [0, 0.1) is 6.92 Å². The quantitative estimate of drug-likeness (QED) is 0.154. The lowest BCUT2D eigenvalue weighted by Crippen LogP contribution is -2.35. The van der Waals surface area contributed by atoms with Gasteiger partial charge < -0.3 is 28.3 Å². The Balaban J connectivity index is 0.000000272. The smallest absolute Gasteiger partial charge is 0.398 e. The first kappa shape index (κ1) is 38.3. The number of carbonyl (C=O) groups excluding carboxylic acids is 2. The fraction of sp³-hybridized carbons (Fsp3) is 0.261. The molecule has 9 N–H and O–H groups in total. The first-order chi connectivity index (χ1) is 20.7. The zero-order valence-corrected chi connectivity index (χ0v) is 26.9. The number of nitrogen functional groups attached to an aromatic ring is 4. The number of nitrogens with zero attached hydrogens (tertiary/aromatic N) is 4. The molecule has 0 spiro atoms. The fourth-order valence-corrected chi connectivity index (χ4v) is 5.89. The van der Waals surface area contributed by atoms with Crippen molar-refractivity contribution in [3.63, 3.8) is 0 Å². The van der Waals surface area contributed by atoms with Gasteiger partial charge in [0.2, 0.25) is 5.13 Å². The van der Waals surface area contributed by atoms with Gasteiger partial charge in [-0.05, 0) is 30.5 Å². The molecule has 0 atom stereocenters. The predicted octanol–water partition coefficient (Wildman–Crippen LogP) is 3.80. The Hall–Kier alpha value is -3.72. The molecule has 0 amide bonds. The molecule has 13 nitrogen and oxygen atoms in total. The van der Waals surface area contributed by atoms with Crippen molar-refractivity contribution in [2.45, 2.75) is 13.1 Å². The summed E-state index contributed by atoms with van der Waals surface area (Å²) in [4.78, 5) is 24.1. The number of benzene rings is 1. The summed E-state index contributed by atoms with van der Waals surface area (Å²) in [6.07, 6.45) is -3.34. The maximum absolute atomic E-state index is 11.7. The molecule has 1 aliphatic rings. The number of fused-ring (bicyclic) bond motifs is 1. The first-order valence-corrected chi connectivity index (χ1v) is 17.0. The van der Waals surface area contributed by atoms with E-state index in [-0.39, 0.29) is 11.3 Å². The van der Waals surface area contributed by atoms with Crippen molar-refractivity contribution >= 4 is 92.6 Å². The van der Waals surface area contributed by atoms with Crippen LogP contribution in [0.15, 0.2) is 47.4 Å². The number of aryl methyl sites for hydroxylation is 1. The molecule has 4 aromatic heterocycles. The summed E-state index contributed by atoms with van der Waals surface area (Å²) >= 11 is 4.97. The lowest BCUT2D eigenvalue weighted by molar-refractivity contribution is -0.191. The Morgan fingerprint density at radius 2 is 1.57 bits per heavy atom. The van der Waals surface area contributed by atoms with Crippen molar-refractivity contribution in [3.8, 4) is 0 Å². The molecular weight excluding hydrogens is 684 g/mol. The van der Waals surface area contributed by atoms with Gasteiger partial charge in [-0.3, -0.25) is 0 Å². The lowest BCUT2D eigenvalue weighted by atomic mass is 10.3. The molecule has 1 fully saturated rings. The molecule has 0 unspecified atom stereocenters. The highest BCUT2D eigenvalue weighted by Gasteiger charge is 2.32. The number of alkyl halides is 3. The normalized spacial score (nSPS) is 12.9. The van der Waals surface area contributed by atoms with Crippen molar-refractivity contribution < 1.29 is 31.2 Å². The molecule has 240 valence electrons. The van der Waals surface area contributed by atoms with Crippen molar-refractivity contribution in [2.24, 2.45) is 0 Å². The van der Waals surface area contributed by atoms with Crippen LogP contribution in [-0.2, 0) is 25.6 Å². The van der Waals surface area contributed by atoms with Crippen LogP contribution >= 0.6 is 45.3 Å². The van der Waals surface area contributed by atoms with E-state index in [0.717, 1.165) is 22.1 Å². The Labute approximate surface area is 266 Å². The Morgan fingerprint density at radius 1 is 0.932 bits per heavy atom. The van der Waals surface area contributed by atoms with E-state index in [4.69, 9.17) is 32.5 Å². The van der Waals surface area contributed by atoms with E-state index in [0.29, 0.717) is 46.2 Å². The van der Waals surface area contributed by atoms with E-state index in [1.807, 2.05) is 42.6 Å². The second-order valence-electron chi connectivity index (χ2n) is 7.77. The molecule has 21 heteroatoms. The molecule has 6 rings (SSSR count). The van der Waals surface area contributed by atoms with Gasteiger partial charge in [-0.2, -0.15) is 22.8 Å². The molecule has 5 heterocycles. The fourth-order valence-electron chi connectivity index (χ4n) is 2.57. The molecular formula is C23H28F3N9O4S5. The number of hydrogen-bond donors (Lipinski definition) is 5. The van der Waals surface area contributed by atoms with Gasteiger partial charge in [0.1, 0.15) is 10.4 Å². The number of thiophene rings is 1. The van der Waals surface area contributed by atoms with Crippen molar-refractivity contribution in [2.75, 3.05) is 47.5 Å². The average Bonchev–Trinajstić information content (AvgIpc) is 3.75. The highest BCUT2D eigenvalue weighted by atomic mass is 32.2. The van der Waals surface area contributed by atoms with E-state index in [1.54, 1.807) is 16.8 Å². The maximum Gasteiger partial charge on any atom is 0.427 e. The zero-order chi connectivity index (χ0) is 33.2. The number of anilines is 4. The summed E-state index contributed by atoms with van der Waals surface area (Å²) in [7, 11) is -2.65. The average molecular weight is 712 g/mol. The van der Waals surface area contributed by atoms with E-state index >= 15 is 0 Å². The van der Waals surface area contributed by atoms with Crippen LogP contribution in [0.5, 0.6) is 0 Å². The van der Waals surface area contributed by atoms with Crippen LogP contribution in [-0.4, -0.2) is 59.3 Å². The molecule has 0 aliphatic carbocycles. The second kappa shape index (κ2) is 19.5. The van der Waals surface area contributed by atoms with Gasteiger partial charge in [-0.25, -0.2) is 18.4 Å². The van der Waals surface area contributed by atoms with Crippen molar-refractivity contribution in [1.29, 1.82) is 0 Å². The lowest BCUT2D eigenvalue weighted by Gasteiger charge is -2.10. The summed E-state index contributed by atoms with van der Waals surface area (Å²) in [6.45, 7) is 3.27. The van der Waals surface area contributed by atoms with E-state index < -0.39 is 20.9 Å². The van der Waals surface area contributed by atoms with Crippen molar-refractivity contribution in [3.05, 3.63) is 57.2 Å². The van der Waals surface area contributed by atoms with Crippen LogP contribution in [0.2, 0.25) is 0 Å². The van der Waals surface area contributed by atoms with E-state index in [9.17, 15) is 21.6 Å². The van der Waals surface area contributed by atoms with Gasteiger partial charge in [0, 0.05) is 23.7 Å². The van der Waals surface area contributed by atoms with Gasteiger partial charge in [-0.15, -0.1) is 21.5 Å². The topological polar surface area (TPSA) is 236 Å². The third-order valence-electron chi connectivity index (χ3n) is 4.57. The van der Waals surface area contributed by atoms with Crippen LogP contribution in [0.25, 0.3) is 10.2 Å². The monoisotopic (exact) mass is 711 g/mol. The van der Waals surface area contributed by atoms with Gasteiger partial charge in [0.25, 0.3) is 0 Å². The minimum Gasteiger partial charge on any atom is -0.398 e. The standard InChI is InChI=1S/C7H6N2S.C5H7NS.C4H3F3N2S.C4H9NO2S.C2H3N3S.CO2/c8-7-9-5-3-1-2-4-6(5)10-7;1-4-5(6)2-3-7-4;5-4(6,7)2-1-9-3(8)10-2;6-8(7)3-1-5-2-4-8;3-2-5-4-1-6-2;2-1-3/h1-4H,(H2,8,9);2-3H,6H2,1H3;1H,(H2,8,9);5H,1-4H2;1H,(H2,3,5);. The number of aromatic nitrogens is 4. The van der Waals surface area contributed by atoms with Crippen LogP contribution in [0.4, 0.5) is 34.3 Å². The summed E-state index contributed by atoms with van der Waals surface area (Å²) in [5.74, 6) is 0.625. The Kier molecular flexibility index (Phi) is 17.0. The summed E-state index contributed by atoms with van der Waals surface area (Å²) in [6, 6.07) is 9.84. The van der Waals surface area contributed by atoms with E-state index in [1.165, 1.54) is 27.6 Å². The van der Waals surface area contributed by atoms with Crippen molar-refractivity contribution in [1.82, 2.24) is 25.5 Å². The number of nitrogens with one attached hydrogen (secondary N) is 1. The van der Waals surface area contributed by atoms with Gasteiger partial charge in [0.05, 0.1) is 27.9 Å². The number of hydrogen-bond acceptors (Lipinski definition) is 17. The highest BCUT2D eigenvalue weighted by molar-refractivity contribution is 7.91. The molecule has 44 heavy (non-hydrogen) atoms. The SMILES string of the molecule is Cc1sccc1N.Nc1nc2ccccc2s1.Nc1ncc(C(F)(F)F)s1.Nc1nncs1.O=C=O.O=S1(=O)CCNCC1. The van der Waals surface area contributed by atoms with Gasteiger partial charge in [0.15, 0.2) is 20.1 Å². The maximum atomic E-state index is 11.7. The molecule has 1 aromatic carbocycles. The predicted molar refractivity (Wildman–Crippen MR) is 170 cm³/mol. The molecule has 0 radical (unpaired) electrons. The highest BCUT2D eigenvalue weighted by Crippen LogP contribution is 2.33. The Bertz CT molecular complexity index is 1590. The number of halogens is 3. The third-order valence-corrected chi connectivity index (χ3v) is 9.34. The molecule has 5 aromatic rings. The van der Waals surface area contributed by atoms with Gasteiger partial charge >= 0.3 is 12.3 Å². The third kappa shape index (κ3) is 16.2. The summed E-state index contributed by atoms with van der Waals surface area (Å²) < 4.78 is 57.5. The minimum absolute atomic E-state index is 0.0627. The Morgan fingerprint density at radius 3 is 1.89 bits per heavy atom. The molecule has 0 bridgehead atoms. The summed E-state index contributed by atoms with van der Waals surface area (Å²) in [5, 5.41) is 13.0. The minimum atomic E-state index is -4.31. The number of rotatable bonds is 0. The van der Waals surface area contributed by atoms with Gasteiger partial charge in [-0.1, -0.05) is 46.1 Å². The molecule has 1 aliphatic heterocycles. The van der Waals surface area contributed by atoms with Crippen LogP contribution in [0.3, 0.4) is 0 Å². The number of nitrogens with two attached hydrogens (primary N) is 4. The number of sulfone groups is 1. The number of para-hydroxylation sites is 1. The van der Waals surface area contributed by atoms with E-state index in [2.05, 4.69) is 25.5 Å². The van der Waals surface area contributed by atoms with Crippen LogP contribution < -0.4 is 28.3 Å². The number of thiazole rings is 2. The molecule has 1 saturated heterocycles. The second-order valence-corrected chi connectivity index (χ2v) is 14.2. The van der Waals surface area contributed by atoms with Crippen LogP contribution in [0.1, 0.15) is 9.75 Å².